The summed E-state index contributed by atoms with van der Waals surface area (Å²) in [5.41, 5.74) is 8.51. The average molecular weight is 273 g/mol. The Kier molecular flexibility index (Phi) is 1.71. The van der Waals surface area contributed by atoms with Crippen LogP contribution in [0.25, 0.3) is 11.0 Å². The zero-order valence-corrected chi connectivity index (χ0v) is 8.74. The molecule has 0 aliphatic carbocycles. The first-order valence-corrected chi connectivity index (χ1v) is 4.62. The van der Waals surface area contributed by atoms with E-state index in [1.807, 2.05) is 17.7 Å². The molecule has 2 aromatic rings. The highest BCUT2D eigenvalue weighted by Gasteiger charge is 2.03. The average Bonchev–Trinajstić information content (AvgIpc) is 2.33. The Morgan fingerprint density at radius 2 is 2.25 bits per heavy atom. The fourth-order valence-electron chi connectivity index (χ4n) is 1.22. The molecule has 4 heteroatoms. The van der Waals surface area contributed by atoms with E-state index in [-0.39, 0.29) is 0 Å². The standard InChI is InChI=1S/C8H8IN3/c1-12-4-11-8-6(10)2-5(9)3-7(8)12/h2-4H,10H2,1H3. The summed E-state index contributed by atoms with van der Waals surface area (Å²) >= 11 is 2.25. The van der Waals surface area contributed by atoms with Gasteiger partial charge in [-0.25, -0.2) is 4.98 Å². The smallest absolute Gasteiger partial charge is 0.111 e. The predicted octanol–water partition coefficient (Wildman–Crippen LogP) is 1.76. The van der Waals surface area contributed by atoms with Crippen molar-refractivity contribution < 1.29 is 0 Å². The summed E-state index contributed by atoms with van der Waals surface area (Å²) in [6.07, 6.45) is 1.77. The highest BCUT2D eigenvalue weighted by atomic mass is 127. The maximum atomic E-state index is 5.79. The molecule has 3 nitrogen and oxygen atoms in total. The molecule has 2 rings (SSSR count). The van der Waals surface area contributed by atoms with E-state index in [2.05, 4.69) is 33.6 Å². The summed E-state index contributed by atoms with van der Waals surface area (Å²) in [5.74, 6) is 0. The van der Waals surface area contributed by atoms with Crippen LogP contribution in [0.4, 0.5) is 5.69 Å². The number of hydrogen-bond acceptors (Lipinski definition) is 2. The number of anilines is 1. The number of rotatable bonds is 0. The van der Waals surface area contributed by atoms with E-state index in [1.165, 1.54) is 0 Å². The predicted molar refractivity (Wildman–Crippen MR) is 57.8 cm³/mol. The van der Waals surface area contributed by atoms with Crippen molar-refractivity contribution in [3.8, 4) is 0 Å². The van der Waals surface area contributed by atoms with Crippen molar-refractivity contribution in [1.82, 2.24) is 9.55 Å². The van der Waals surface area contributed by atoms with E-state index in [9.17, 15) is 0 Å². The Bertz CT molecular complexity index is 433. The maximum Gasteiger partial charge on any atom is 0.111 e. The lowest BCUT2D eigenvalue weighted by Crippen LogP contribution is -1.89. The summed E-state index contributed by atoms with van der Waals surface area (Å²) in [6.45, 7) is 0. The third kappa shape index (κ3) is 1.06. The van der Waals surface area contributed by atoms with E-state index in [0.29, 0.717) is 0 Å². The second-order valence-corrected chi connectivity index (χ2v) is 3.96. The number of benzene rings is 1. The lowest BCUT2D eigenvalue weighted by Gasteiger charge is -1.98. The van der Waals surface area contributed by atoms with E-state index in [1.54, 1.807) is 6.33 Å². The van der Waals surface area contributed by atoms with Crippen LogP contribution in [-0.2, 0) is 7.05 Å². The van der Waals surface area contributed by atoms with Gasteiger partial charge in [-0.15, -0.1) is 0 Å². The molecule has 0 atom stereocenters. The first kappa shape index (κ1) is 7.85. The normalized spacial score (nSPS) is 10.8. The molecule has 0 bridgehead atoms. The number of halogens is 1. The number of nitrogen functional groups attached to an aromatic ring is 1. The summed E-state index contributed by atoms with van der Waals surface area (Å²) in [7, 11) is 1.96. The van der Waals surface area contributed by atoms with Crippen LogP contribution in [0.1, 0.15) is 0 Å². The van der Waals surface area contributed by atoms with E-state index >= 15 is 0 Å². The van der Waals surface area contributed by atoms with Gasteiger partial charge in [0.05, 0.1) is 17.5 Å². The van der Waals surface area contributed by atoms with Gasteiger partial charge in [0.2, 0.25) is 0 Å². The Balaban J connectivity index is 2.92. The van der Waals surface area contributed by atoms with Gasteiger partial charge in [-0.2, -0.15) is 0 Å². The minimum absolute atomic E-state index is 0.748. The van der Waals surface area contributed by atoms with Crippen molar-refractivity contribution >= 4 is 39.3 Å². The molecular formula is C8H8IN3. The van der Waals surface area contributed by atoms with Crippen LogP contribution in [0.3, 0.4) is 0 Å². The van der Waals surface area contributed by atoms with Gasteiger partial charge in [0, 0.05) is 10.6 Å². The first-order chi connectivity index (χ1) is 5.68. The van der Waals surface area contributed by atoms with Gasteiger partial charge in [0.15, 0.2) is 0 Å². The Labute approximate surface area is 83.7 Å². The Morgan fingerprint density at radius 1 is 1.50 bits per heavy atom. The molecule has 1 aromatic heterocycles. The Morgan fingerprint density at radius 3 is 3.00 bits per heavy atom. The van der Waals surface area contributed by atoms with Crippen molar-refractivity contribution in [3.63, 3.8) is 0 Å². The maximum absolute atomic E-state index is 5.79. The van der Waals surface area contributed by atoms with Gasteiger partial charge in [-0.1, -0.05) is 0 Å². The van der Waals surface area contributed by atoms with Gasteiger partial charge in [-0.05, 0) is 34.7 Å². The minimum Gasteiger partial charge on any atom is -0.397 e. The fraction of sp³-hybridized carbons (Fsp3) is 0.125. The quantitative estimate of drug-likeness (QED) is 0.587. The van der Waals surface area contributed by atoms with Gasteiger partial charge < -0.3 is 10.3 Å². The molecule has 0 amide bonds. The van der Waals surface area contributed by atoms with Gasteiger partial charge in [0.25, 0.3) is 0 Å². The third-order valence-electron chi connectivity index (χ3n) is 1.82. The summed E-state index contributed by atoms with van der Waals surface area (Å²) in [6, 6.07) is 4.00. The zero-order valence-electron chi connectivity index (χ0n) is 6.58. The van der Waals surface area contributed by atoms with Crippen molar-refractivity contribution in [2.75, 3.05) is 5.73 Å². The van der Waals surface area contributed by atoms with Crippen LogP contribution in [0, 0.1) is 3.57 Å². The van der Waals surface area contributed by atoms with Gasteiger partial charge in [-0.3, -0.25) is 0 Å². The fourth-order valence-corrected chi connectivity index (χ4v) is 1.85. The van der Waals surface area contributed by atoms with Crippen LogP contribution in [0.2, 0.25) is 0 Å². The molecule has 0 fully saturated rings. The summed E-state index contributed by atoms with van der Waals surface area (Å²) in [4.78, 5) is 4.19. The van der Waals surface area contributed by atoms with Crippen molar-refractivity contribution in [3.05, 3.63) is 22.0 Å². The molecule has 0 aliphatic rings. The molecule has 0 saturated heterocycles. The van der Waals surface area contributed by atoms with Gasteiger partial charge >= 0.3 is 0 Å². The topological polar surface area (TPSA) is 43.8 Å². The zero-order chi connectivity index (χ0) is 8.72. The lowest BCUT2D eigenvalue weighted by atomic mass is 10.3. The highest BCUT2D eigenvalue weighted by molar-refractivity contribution is 14.1. The second kappa shape index (κ2) is 2.62. The largest absolute Gasteiger partial charge is 0.397 e. The molecule has 1 heterocycles. The number of nitrogens with zero attached hydrogens (tertiary/aromatic N) is 2. The molecule has 12 heavy (non-hydrogen) atoms. The monoisotopic (exact) mass is 273 g/mol. The highest BCUT2D eigenvalue weighted by Crippen LogP contribution is 2.21. The molecule has 0 aliphatic heterocycles. The van der Waals surface area contributed by atoms with Gasteiger partial charge in [0.1, 0.15) is 5.52 Å². The van der Waals surface area contributed by atoms with E-state index in [0.717, 1.165) is 20.3 Å². The van der Waals surface area contributed by atoms with Crippen molar-refractivity contribution in [1.29, 1.82) is 0 Å². The number of aryl methyl sites for hydroxylation is 1. The molecule has 0 spiro atoms. The van der Waals surface area contributed by atoms with E-state index in [4.69, 9.17) is 5.73 Å². The Hall–Kier alpha value is -0.780. The molecule has 62 valence electrons. The number of nitrogens with two attached hydrogens (primary N) is 1. The minimum atomic E-state index is 0.748. The van der Waals surface area contributed by atoms with Crippen molar-refractivity contribution in [2.45, 2.75) is 0 Å². The molecule has 1 aromatic carbocycles. The van der Waals surface area contributed by atoms with Crippen LogP contribution in [0.5, 0.6) is 0 Å². The summed E-state index contributed by atoms with van der Waals surface area (Å²) in [5, 5.41) is 0. The number of hydrogen-bond donors (Lipinski definition) is 1. The molecule has 0 radical (unpaired) electrons. The molecular weight excluding hydrogens is 265 g/mol. The van der Waals surface area contributed by atoms with E-state index < -0.39 is 0 Å². The first-order valence-electron chi connectivity index (χ1n) is 3.54. The molecule has 0 unspecified atom stereocenters. The third-order valence-corrected chi connectivity index (χ3v) is 2.45. The van der Waals surface area contributed by atoms with Crippen LogP contribution in [-0.4, -0.2) is 9.55 Å². The second-order valence-electron chi connectivity index (χ2n) is 2.72. The lowest BCUT2D eigenvalue weighted by molar-refractivity contribution is 0.947. The van der Waals surface area contributed by atoms with Crippen molar-refractivity contribution in [2.24, 2.45) is 7.05 Å². The number of fused-ring (bicyclic) bond motifs is 1. The molecule has 2 N–H and O–H groups in total. The van der Waals surface area contributed by atoms with Crippen LogP contribution >= 0.6 is 22.6 Å². The van der Waals surface area contributed by atoms with Crippen LogP contribution < -0.4 is 5.73 Å². The number of imidazole rings is 1. The molecule has 0 saturated carbocycles. The van der Waals surface area contributed by atoms with Crippen LogP contribution in [0.15, 0.2) is 18.5 Å². The SMILES string of the molecule is Cn1cnc2c(N)cc(I)cc21. The summed E-state index contributed by atoms with van der Waals surface area (Å²) < 4.78 is 3.11. The number of aromatic nitrogens is 2.